The number of rotatable bonds is 12. The van der Waals surface area contributed by atoms with Gasteiger partial charge >= 0.3 is 0 Å². The van der Waals surface area contributed by atoms with Gasteiger partial charge in [-0.3, -0.25) is 9.59 Å². The fourth-order valence-electron chi connectivity index (χ4n) is 4.17. The summed E-state index contributed by atoms with van der Waals surface area (Å²) in [5.41, 5.74) is 2.40. The summed E-state index contributed by atoms with van der Waals surface area (Å²) >= 11 is 6.24. The highest BCUT2D eigenvalue weighted by atomic mass is 35.5. The molecule has 206 valence electrons. The third-order valence-corrected chi connectivity index (χ3v) is 6.63. The van der Waals surface area contributed by atoms with Gasteiger partial charge in [-0.2, -0.15) is 0 Å². The van der Waals surface area contributed by atoms with E-state index in [-0.39, 0.29) is 31.5 Å². The van der Waals surface area contributed by atoms with Gasteiger partial charge in [-0.05, 0) is 53.1 Å². The number of ether oxygens (including phenoxy) is 3. The van der Waals surface area contributed by atoms with Crippen LogP contribution in [0.3, 0.4) is 0 Å². The highest BCUT2D eigenvalue weighted by molar-refractivity contribution is 6.32. The summed E-state index contributed by atoms with van der Waals surface area (Å²) in [6, 6.07) is 30.1. The number of amides is 2. The zero-order chi connectivity index (χ0) is 28.3. The third kappa shape index (κ3) is 7.55. The molecule has 0 fully saturated rings. The molecule has 4 aromatic carbocycles. The summed E-state index contributed by atoms with van der Waals surface area (Å²) in [5.74, 6) is 1.13. The topological polar surface area (TPSA) is 77.1 Å². The lowest BCUT2D eigenvalue weighted by atomic mass is 10.0. The molecular formula is C32H31ClN2O5. The normalized spacial score (nSPS) is 11.3. The smallest absolute Gasteiger partial charge is 0.261 e. The molecule has 8 heteroatoms. The second kappa shape index (κ2) is 14.1. The number of para-hydroxylation sites is 1. The van der Waals surface area contributed by atoms with Gasteiger partial charge in [0.25, 0.3) is 5.91 Å². The average molecular weight is 559 g/mol. The molecule has 40 heavy (non-hydrogen) atoms. The second-order valence-electron chi connectivity index (χ2n) is 8.97. The maximum atomic E-state index is 13.8. The highest BCUT2D eigenvalue weighted by Gasteiger charge is 2.32. The van der Waals surface area contributed by atoms with Crippen LogP contribution in [-0.2, 0) is 22.7 Å². The van der Waals surface area contributed by atoms with E-state index in [1.165, 1.54) is 4.90 Å². The largest absolute Gasteiger partial charge is 0.497 e. The van der Waals surface area contributed by atoms with Crippen molar-refractivity contribution < 1.29 is 23.8 Å². The maximum Gasteiger partial charge on any atom is 0.261 e. The Morgan fingerprint density at radius 1 is 0.775 bits per heavy atom. The van der Waals surface area contributed by atoms with Gasteiger partial charge in [0.15, 0.2) is 6.61 Å². The molecule has 0 aliphatic carbocycles. The van der Waals surface area contributed by atoms with E-state index < -0.39 is 6.04 Å². The predicted molar refractivity (Wildman–Crippen MR) is 155 cm³/mol. The van der Waals surface area contributed by atoms with Crippen LogP contribution in [0.5, 0.6) is 17.2 Å². The first-order valence-electron chi connectivity index (χ1n) is 12.7. The maximum absolute atomic E-state index is 13.8. The molecule has 0 saturated carbocycles. The van der Waals surface area contributed by atoms with Crippen LogP contribution in [0.4, 0.5) is 0 Å². The Kier molecular flexibility index (Phi) is 10.0. The van der Waals surface area contributed by atoms with Gasteiger partial charge in [-0.1, -0.05) is 78.3 Å². The van der Waals surface area contributed by atoms with E-state index in [9.17, 15) is 9.59 Å². The first-order chi connectivity index (χ1) is 19.5. The standard InChI is InChI=1S/C32H31ClN2O5/c1-38-26-16-12-23(13-17-26)20-34-32(37)31(25-8-4-3-5-9-25)35(21-24-14-18-27(39-2)19-15-24)30(36)22-40-29-11-7-6-10-28(29)33/h3-19,31H,20-22H2,1-2H3,(H,34,37)/t31-/m0/s1. The Bertz CT molecular complexity index is 1400. The van der Waals surface area contributed by atoms with Gasteiger partial charge in [0.2, 0.25) is 5.91 Å². The molecule has 0 spiro atoms. The molecule has 0 heterocycles. The van der Waals surface area contributed by atoms with Crippen LogP contribution in [0.2, 0.25) is 5.02 Å². The molecule has 0 radical (unpaired) electrons. The second-order valence-corrected chi connectivity index (χ2v) is 9.38. The molecule has 0 unspecified atom stereocenters. The summed E-state index contributed by atoms with van der Waals surface area (Å²) in [4.78, 5) is 29.1. The van der Waals surface area contributed by atoms with Crippen LogP contribution >= 0.6 is 11.6 Å². The SMILES string of the molecule is COc1ccc(CNC(=O)[C@H](c2ccccc2)N(Cc2ccc(OC)cc2)C(=O)COc2ccccc2Cl)cc1. The predicted octanol–water partition coefficient (Wildman–Crippen LogP) is 5.82. The summed E-state index contributed by atoms with van der Waals surface area (Å²) in [6.07, 6.45) is 0. The van der Waals surface area contributed by atoms with E-state index >= 15 is 0 Å². The minimum Gasteiger partial charge on any atom is -0.497 e. The third-order valence-electron chi connectivity index (χ3n) is 6.32. The molecule has 1 N–H and O–H groups in total. The van der Waals surface area contributed by atoms with E-state index in [0.717, 1.165) is 16.9 Å². The molecule has 0 aromatic heterocycles. The van der Waals surface area contributed by atoms with Gasteiger partial charge in [-0.15, -0.1) is 0 Å². The molecule has 1 atom stereocenters. The van der Waals surface area contributed by atoms with Crippen molar-refractivity contribution in [2.24, 2.45) is 0 Å². The number of halogens is 1. The molecule has 0 saturated heterocycles. The van der Waals surface area contributed by atoms with Crippen molar-refractivity contribution in [2.75, 3.05) is 20.8 Å². The Morgan fingerprint density at radius 3 is 1.95 bits per heavy atom. The van der Waals surface area contributed by atoms with Crippen molar-refractivity contribution in [1.82, 2.24) is 10.2 Å². The molecule has 4 rings (SSSR count). The van der Waals surface area contributed by atoms with Crippen molar-refractivity contribution >= 4 is 23.4 Å². The number of hydrogen-bond acceptors (Lipinski definition) is 5. The number of benzene rings is 4. The van der Waals surface area contributed by atoms with Crippen LogP contribution in [0.15, 0.2) is 103 Å². The first kappa shape index (κ1) is 28.5. The molecular weight excluding hydrogens is 528 g/mol. The van der Waals surface area contributed by atoms with E-state index in [1.807, 2.05) is 78.9 Å². The van der Waals surface area contributed by atoms with Crippen LogP contribution in [0, 0.1) is 0 Å². The molecule has 0 bridgehead atoms. The summed E-state index contributed by atoms with van der Waals surface area (Å²) in [6.45, 7) is 0.159. The quantitative estimate of drug-likeness (QED) is 0.237. The molecule has 0 aliphatic rings. The van der Waals surface area contributed by atoms with Gasteiger partial charge in [0.1, 0.15) is 23.3 Å². The molecule has 4 aromatic rings. The Morgan fingerprint density at radius 2 is 1.35 bits per heavy atom. The Hall–Kier alpha value is -4.49. The molecule has 0 aliphatic heterocycles. The van der Waals surface area contributed by atoms with E-state index in [4.69, 9.17) is 25.8 Å². The molecule has 2 amide bonds. The lowest BCUT2D eigenvalue weighted by molar-refractivity contribution is -0.143. The van der Waals surface area contributed by atoms with Gasteiger partial charge in [-0.25, -0.2) is 0 Å². The number of methoxy groups -OCH3 is 2. The number of carbonyl (C=O) groups is 2. The lowest BCUT2D eigenvalue weighted by Gasteiger charge is -2.31. The highest BCUT2D eigenvalue weighted by Crippen LogP contribution is 2.27. The van der Waals surface area contributed by atoms with Crippen molar-refractivity contribution in [3.63, 3.8) is 0 Å². The number of hydrogen-bond donors (Lipinski definition) is 1. The van der Waals surface area contributed by atoms with Gasteiger partial charge in [0.05, 0.1) is 19.2 Å². The van der Waals surface area contributed by atoms with E-state index in [1.54, 1.807) is 38.5 Å². The van der Waals surface area contributed by atoms with Crippen LogP contribution < -0.4 is 19.5 Å². The zero-order valence-electron chi connectivity index (χ0n) is 22.4. The fourth-order valence-corrected chi connectivity index (χ4v) is 4.36. The van der Waals surface area contributed by atoms with Crippen LogP contribution in [0.1, 0.15) is 22.7 Å². The Balaban J connectivity index is 1.62. The van der Waals surface area contributed by atoms with Crippen LogP contribution in [0.25, 0.3) is 0 Å². The van der Waals surface area contributed by atoms with Crippen molar-refractivity contribution in [2.45, 2.75) is 19.1 Å². The van der Waals surface area contributed by atoms with Crippen molar-refractivity contribution in [3.8, 4) is 17.2 Å². The Labute approximate surface area is 239 Å². The lowest BCUT2D eigenvalue weighted by Crippen LogP contribution is -2.45. The number of nitrogens with zero attached hydrogens (tertiary/aromatic N) is 1. The summed E-state index contributed by atoms with van der Waals surface area (Å²) in [7, 11) is 3.20. The van der Waals surface area contributed by atoms with Crippen LogP contribution in [-0.4, -0.2) is 37.5 Å². The fraction of sp³-hybridized carbons (Fsp3) is 0.188. The van der Waals surface area contributed by atoms with E-state index in [0.29, 0.717) is 22.1 Å². The van der Waals surface area contributed by atoms with E-state index in [2.05, 4.69) is 5.32 Å². The number of carbonyl (C=O) groups excluding carboxylic acids is 2. The van der Waals surface area contributed by atoms with Crippen molar-refractivity contribution in [1.29, 1.82) is 0 Å². The van der Waals surface area contributed by atoms with Gasteiger partial charge in [0, 0.05) is 13.1 Å². The average Bonchev–Trinajstić information content (AvgIpc) is 3.00. The minimum absolute atomic E-state index is 0.171. The number of nitrogens with one attached hydrogen (secondary N) is 1. The molecule has 7 nitrogen and oxygen atoms in total. The summed E-state index contributed by atoms with van der Waals surface area (Å²) in [5, 5.41) is 3.40. The first-order valence-corrected chi connectivity index (χ1v) is 13.1. The van der Waals surface area contributed by atoms with Gasteiger partial charge < -0.3 is 24.4 Å². The minimum atomic E-state index is -0.913. The van der Waals surface area contributed by atoms with Crippen molar-refractivity contribution in [3.05, 3.63) is 125 Å². The monoisotopic (exact) mass is 558 g/mol. The zero-order valence-corrected chi connectivity index (χ0v) is 23.1. The summed E-state index contributed by atoms with van der Waals surface area (Å²) < 4.78 is 16.3.